The van der Waals surface area contributed by atoms with Crippen LogP contribution in [0.4, 0.5) is 0 Å². The number of allylic oxidation sites excluding steroid dienone is 3. The summed E-state index contributed by atoms with van der Waals surface area (Å²) in [4.78, 5) is 27.6. The van der Waals surface area contributed by atoms with Gasteiger partial charge in [0.2, 0.25) is 0 Å². The zero-order valence-electron chi connectivity index (χ0n) is 23.2. The molecular formula is C31H39NO5S2. The molecule has 3 rings (SSSR count). The summed E-state index contributed by atoms with van der Waals surface area (Å²) in [5.74, 6) is -0.784. The number of carbonyl (C=O) groups excluding carboxylic acids is 1. The number of rotatable bonds is 15. The van der Waals surface area contributed by atoms with Crippen LogP contribution in [0.15, 0.2) is 64.4 Å². The third-order valence-corrected chi connectivity index (χ3v) is 8.51. The minimum Gasteiger partial charge on any atom is -0.480 e. The third-order valence-electron chi connectivity index (χ3n) is 6.48. The molecule has 1 amide bonds. The lowest BCUT2D eigenvalue weighted by atomic mass is 9.93. The van der Waals surface area contributed by atoms with Crippen LogP contribution in [0.3, 0.4) is 0 Å². The molecule has 0 fully saturated rings. The predicted molar refractivity (Wildman–Crippen MR) is 162 cm³/mol. The SMILES string of the molecule is CCOCC(OCc1ccc(C(=O)NC(CCSC)C(=O)O)c(-c2ccccc2C)c1)C1=CCC=C(CC)S1. The van der Waals surface area contributed by atoms with Crippen LogP contribution in [0.25, 0.3) is 11.1 Å². The molecule has 1 heterocycles. The van der Waals surface area contributed by atoms with Gasteiger partial charge in [-0.25, -0.2) is 4.79 Å². The Morgan fingerprint density at radius 2 is 1.92 bits per heavy atom. The van der Waals surface area contributed by atoms with Gasteiger partial charge in [-0.1, -0.05) is 61.2 Å². The summed E-state index contributed by atoms with van der Waals surface area (Å²) in [6.45, 7) is 7.58. The summed E-state index contributed by atoms with van der Waals surface area (Å²) in [5, 5.41) is 12.4. The summed E-state index contributed by atoms with van der Waals surface area (Å²) in [5.41, 5.74) is 4.08. The van der Waals surface area contributed by atoms with E-state index < -0.39 is 17.9 Å². The number of ether oxygens (including phenoxy) is 2. The van der Waals surface area contributed by atoms with Crippen molar-refractivity contribution in [1.82, 2.24) is 5.32 Å². The van der Waals surface area contributed by atoms with Crippen molar-refractivity contribution < 1.29 is 24.2 Å². The van der Waals surface area contributed by atoms with Gasteiger partial charge in [0.25, 0.3) is 5.91 Å². The summed E-state index contributed by atoms with van der Waals surface area (Å²) >= 11 is 3.31. The van der Waals surface area contributed by atoms with Gasteiger partial charge in [-0.2, -0.15) is 11.8 Å². The van der Waals surface area contributed by atoms with Crippen LogP contribution in [0.1, 0.15) is 54.6 Å². The maximum absolute atomic E-state index is 13.3. The van der Waals surface area contributed by atoms with E-state index in [4.69, 9.17) is 9.47 Å². The van der Waals surface area contributed by atoms with Crippen molar-refractivity contribution >= 4 is 35.4 Å². The molecule has 6 nitrogen and oxygen atoms in total. The van der Waals surface area contributed by atoms with Crippen molar-refractivity contribution in [3.63, 3.8) is 0 Å². The Balaban J connectivity index is 1.87. The lowest BCUT2D eigenvalue weighted by Crippen LogP contribution is -2.41. The predicted octanol–water partition coefficient (Wildman–Crippen LogP) is 6.83. The van der Waals surface area contributed by atoms with E-state index in [1.165, 1.54) is 9.81 Å². The lowest BCUT2D eigenvalue weighted by molar-refractivity contribution is -0.139. The normalized spacial score (nSPS) is 14.8. The van der Waals surface area contributed by atoms with Gasteiger partial charge in [-0.3, -0.25) is 4.79 Å². The summed E-state index contributed by atoms with van der Waals surface area (Å²) in [7, 11) is 0. The average Bonchev–Trinajstić information content (AvgIpc) is 2.95. The molecule has 2 aromatic rings. The fraction of sp³-hybridized carbons (Fsp3) is 0.419. The number of carboxylic acids is 1. The van der Waals surface area contributed by atoms with Crippen molar-refractivity contribution in [3.05, 3.63) is 81.1 Å². The van der Waals surface area contributed by atoms with Crippen molar-refractivity contribution in [2.75, 3.05) is 25.2 Å². The molecule has 2 N–H and O–H groups in total. The fourth-order valence-electron chi connectivity index (χ4n) is 4.30. The number of carboxylic acid groups (broad SMARTS) is 1. The molecule has 0 saturated carbocycles. The fourth-order valence-corrected chi connectivity index (χ4v) is 5.84. The molecule has 0 saturated heterocycles. The maximum Gasteiger partial charge on any atom is 0.326 e. The molecule has 0 radical (unpaired) electrons. The van der Waals surface area contributed by atoms with Gasteiger partial charge >= 0.3 is 5.97 Å². The molecule has 1 aliphatic heterocycles. The molecule has 0 bridgehead atoms. The third kappa shape index (κ3) is 9.00. The highest BCUT2D eigenvalue weighted by Gasteiger charge is 2.24. The first-order valence-electron chi connectivity index (χ1n) is 13.4. The molecule has 2 atom stereocenters. The van der Waals surface area contributed by atoms with Gasteiger partial charge in [0.15, 0.2) is 0 Å². The zero-order valence-corrected chi connectivity index (χ0v) is 24.8. The van der Waals surface area contributed by atoms with E-state index in [1.54, 1.807) is 29.6 Å². The highest BCUT2D eigenvalue weighted by Crippen LogP contribution is 2.36. The van der Waals surface area contributed by atoms with Crippen LogP contribution >= 0.6 is 23.5 Å². The van der Waals surface area contributed by atoms with Gasteiger partial charge in [0.1, 0.15) is 12.1 Å². The highest BCUT2D eigenvalue weighted by atomic mass is 32.2. The largest absolute Gasteiger partial charge is 0.480 e. The number of hydrogen-bond donors (Lipinski definition) is 2. The number of hydrogen-bond acceptors (Lipinski definition) is 6. The Hall–Kier alpha value is -2.52. The number of aryl methyl sites for hydroxylation is 1. The molecule has 0 aliphatic carbocycles. The van der Waals surface area contributed by atoms with Crippen LogP contribution in [0, 0.1) is 6.92 Å². The minimum absolute atomic E-state index is 0.178. The number of benzene rings is 2. The van der Waals surface area contributed by atoms with Crippen molar-refractivity contribution in [3.8, 4) is 11.1 Å². The van der Waals surface area contributed by atoms with E-state index in [-0.39, 0.29) is 6.10 Å². The quantitative estimate of drug-likeness (QED) is 0.243. The second kappa shape index (κ2) is 15.9. The smallest absolute Gasteiger partial charge is 0.326 e. The highest BCUT2D eigenvalue weighted by molar-refractivity contribution is 8.06. The molecule has 2 aromatic carbocycles. The maximum atomic E-state index is 13.3. The monoisotopic (exact) mass is 569 g/mol. The molecule has 8 heteroatoms. The van der Waals surface area contributed by atoms with Crippen LogP contribution in [-0.2, 0) is 20.9 Å². The first kappa shape index (κ1) is 31.0. The molecule has 210 valence electrons. The Labute approximate surface area is 240 Å². The van der Waals surface area contributed by atoms with E-state index in [1.807, 2.05) is 56.5 Å². The Bertz CT molecular complexity index is 1190. The topological polar surface area (TPSA) is 84.9 Å². The summed E-state index contributed by atoms with van der Waals surface area (Å²) in [6, 6.07) is 12.6. The molecule has 0 aromatic heterocycles. The van der Waals surface area contributed by atoms with Gasteiger partial charge < -0.3 is 19.9 Å². The molecule has 39 heavy (non-hydrogen) atoms. The van der Waals surface area contributed by atoms with Gasteiger partial charge in [-0.05, 0) is 84.4 Å². The van der Waals surface area contributed by atoms with Crippen molar-refractivity contribution in [2.45, 2.75) is 58.8 Å². The second-order valence-electron chi connectivity index (χ2n) is 9.27. The number of thioether (sulfide) groups is 2. The van der Waals surface area contributed by atoms with Gasteiger partial charge in [0.05, 0.1) is 13.2 Å². The Morgan fingerprint density at radius 3 is 2.62 bits per heavy atom. The number of carbonyl (C=O) groups is 2. The second-order valence-corrected chi connectivity index (χ2v) is 11.5. The standard InChI is InChI=1S/C31H39NO5S2/c1-5-23-11-9-13-29(39-23)28(20-36-6-2)37-19-22-14-15-25(26(18-22)24-12-8-7-10-21(24)3)30(33)32-27(31(34)35)16-17-38-4/h7-8,10-15,18,27-28H,5-6,9,16-17,19-20H2,1-4H3,(H,32,33)(H,34,35). The molecule has 0 spiro atoms. The number of aliphatic carboxylic acids is 1. The van der Waals surface area contributed by atoms with Crippen LogP contribution in [0.2, 0.25) is 0 Å². The van der Waals surface area contributed by atoms with E-state index >= 15 is 0 Å². The zero-order chi connectivity index (χ0) is 28.2. The average molecular weight is 570 g/mol. The molecular weight excluding hydrogens is 530 g/mol. The van der Waals surface area contributed by atoms with Gasteiger partial charge in [-0.15, -0.1) is 0 Å². The minimum atomic E-state index is -1.03. The van der Waals surface area contributed by atoms with E-state index in [0.29, 0.717) is 37.6 Å². The van der Waals surface area contributed by atoms with E-state index in [9.17, 15) is 14.7 Å². The Kier molecular flexibility index (Phi) is 12.7. The Morgan fingerprint density at radius 1 is 1.13 bits per heavy atom. The van der Waals surface area contributed by atoms with Gasteiger partial charge in [0, 0.05) is 17.1 Å². The summed E-state index contributed by atoms with van der Waals surface area (Å²) < 4.78 is 12.2. The summed E-state index contributed by atoms with van der Waals surface area (Å²) in [6.07, 6.45) is 8.44. The van der Waals surface area contributed by atoms with E-state index in [2.05, 4.69) is 24.4 Å². The van der Waals surface area contributed by atoms with Crippen LogP contribution < -0.4 is 5.32 Å². The van der Waals surface area contributed by atoms with Crippen molar-refractivity contribution in [2.24, 2.45) is 0 Å². The molecule has 1 aliphatic rings. The van der Waals surface area contributed by atoms with Crippen LogP contribution in [-0.4, -0.2) is 54.4 Å². The van der Waals surface area contributed by atoms with Crippen molar-refractivity contribution in [1.29, 1.82) is 0 Å². The first-order chi connectivity index (χ1) is 18.9. The number of amides is 1. The van der Waals surface area contributed by atoms with Crippen LogP contribution in [0.5, 0.6) is 0 Å². The van der Waals surface area contributed by atoms with E-state index in [0.717, 1.165) is 35.1 Å². The lowest BCUT2D eigenvalue weighted by Gasteiger charge is -2.24. The first-order valence-corrected chi connectivity index (χ1v) is 15.6. The molecule has 2 unspecified atom stereocenters. The number of nitrogens with one attached hydrogen (secondary N) is 1.